The molecule has 1 aromatic rings. The van der Waals surface area contributed by atoms with Gasteiger partial charge in [-0.25, -0.2) is 4.98 Å². The third-order valence-corrected chi connectivity index (χ3v) is 1.26. The standard InChI is InChI=1S/C7H6F3N2/c1-2-5-3-12-6(4-11-5)7(8,9)10/h2-4H,1H3. The maximum absolute atomic E-state index is 11.9. The Morgan fingerprint density at radius 2 is 1.92 bits per heavy atom. The molecule has 0 N–H and O–H groups in total. The fourth-order valence-electron chi connectivity index (χ4n) is 0.633. The van der Waals surface area contributed by atoms with Crippen LogP contribution in [0.15, 0.2) is 12.4 Å². The van der Waals surface area contributed by atoms with E-state index < -0.39 is 11.9 Å². The van der Waals surface area contributed by atoms with Crippen LogP contribution in [0.3, 0.4) is 0 Å². The van der Waals surface area contributed by atoms with E-state index in [0.717, 1.165) is 12.4 Å². The first kappa shape index (κ1) is 8.96. The second-order valence-corrected chi connectivity index (χ2v) is 2.11. The quantitative estimate of drug-likeness (QED) is 0.652. The van der Waals surface area contributed by atoms with E-state index in [1.54, 1.807) is 13.3 Å². The summed E-state index contributed by atoms with van der Waals surface area (Å²) in [7, 11) is 0. The third-order valence-electron chi connectivity index (χ3n) is 1.26. The minimum absolute atomic E-state index is 0.433. The average Bonchev–Trinajstić information content (AvgIpc) is 2.03. The van der Waals surface area contributed by atoms with E-state index >= 15 is 0 Å². The first-order chi connectivity index (χ1) is 5.54. The SMILES string of the molecule is C[CH]c1cnc(C(F)(F)F)cn1. The minimum atomic E-state index is -4.40. The van der Waals surface area contributed by atoms with Gasteiger partial charge in [-0.3, -0.25) is 4.98 Å². The zero-order valence-corrected chi connectivity index (χ0v) is 6.26. The Balaban J connectivity index is 2.93. The number of aromatic nitrogens is 2. The molecule has 65 valence electrons. The summed E-state index contributed by atoms with van der Waals surface area (Å²) in [6.07, 6.45) is -1.02. The lowest BCUT2D eigenvalue weighted by atomic mass is 10.3. The summed E-state index contributed by atoms with van der Waals surface area (Å²) in [5.41, 5.74) is -0.531. The molecular weight excluding hydrogens is 169 g/mol. The van der Waals surface area contributed by atoms with Gasteiger partial charge in [0.25, 0.3) is 0 Å². The van der Waals surface area contributed by atoms with Crippen molar-refractivity contribution in [2.45, 2.75) is 13.1 Å². The Hall–Kier alpha value is -1.13. The molecule has 0 aliphatic carbocycles. The second kappa shape index (κ2) is 3.08. The minimum Gasteiger partial charge on any atom is -0.257 e. The van der Waals surface area contributed by atoms with Gasteiger partial charge in [0, 0.05) is 12.6 Å². The molecule has 1 rings (SSSR count). The van der Waals surface area contributed by atoms with Crippen molar-refractivity contribution in [3.05, 3.63) is 30.2 Å². The molecule has 0 aliphatic rings. The first-order valence-corrected chi connectivity index (χ1v) is 3.22. The fourth-order valence-corrected chi connectivity index (χ4v) is 0.633. The molecule has 12 heavy (non-hydrogen) atoms. The maximum Gasteiger partial charge on any atom is 0.434 e. The van der Waals surface area contributed by atoms with Crippen molar-refractivity contribution in [2.75, 3.05) is 0 Å². The van der Waals surface area contributed by atoms with Crippen LogP contribution in [0.25, 0.3) is 0 Å². The molecule has 0 bridgehead atoms. The van der Waals surface area contributed by atoms with E-state index in [4.69, 9.17) is 0 Å². The van der Waals surface area contributed by atoms with Gasteiger partial charge in [-0.05, 0) is 0 Å². The van der Waals surface area contributed by atoms with Gasteiger partial charge in [-0.2, -0.15) is 13.2 Å². The largest absolute Gasteiger partial charge is 0.434 e. The molecule has 0 amide bonds. The zero-order valence-electron chi connectivity index (χ0n) is 6.26. The molecule has 1 radical (unpaired) electrons. The normalized spacial score (nSPS) is 11.7. The van der Waals surface area contributed by atoms with Gasteiger partial charge in [-0.1, -0.05) is 6.92 Å². The Morgan fingerprint density at radius 3 is 2.25 bits per heavy atom. The fraction of sp³-hybridized carbons (Fsp3) is 0.286. The van der Waals surface area contributed by atoms with E-state index in [0.29, 0.717) is 5.69 Å². The topological polar surface area (TPSA) is 25.8 Å². The second-order valence-electron chi connectivity index (χ2n) is 2.11. The van der Waals surface area contributed by atoms with Crippen LogP contribution < -0.4 is 0 Å². The van der Waals surface area contributed by atoms with Crippen molar-refractivity contribution in [1.29, 1.82) is 0 Å². The summed E-state index contributed by atoms with van der Waals surface area (Å²) in [5, 5.41) is 0. The van der Waals surface area contributed by atoms with Gasteiger partial charge in [-0.15, -0.1) is 0 Å². The Morgan fingerprint density at radius 1 is 1.25 bits per heavy atom. The molecular formula is C7H6F3N2. The highest BCUT2D eigenvalue weighted by Gasteiger charge is 2.32. The number of halogens is 3. The summed E-state index contributed by atoms with van der Waals surface area (Å²) >= 11 is 0. The van der Waals surface area contributed by atoms with Gasteiger partial charge < -0.3 is 0 Å². The summed E-state index contributed by atoms with van der Waals surface area (Å²) < 4.78 is 35.7. The number of alkyl halides is 3. The predicted molar refractivity (Wildman–Crippen MR) is 36.1 cm³/mol. The van der Waals surface area contributed by atoms with E-state index in [9.17, 15) is 13.2 Å². The third kappa shape index (κ3) is 1.93. The van der Waals surface area contributed by atoms with E-state index in [2.05, 4.69) is 9.97 Å². The lowest BCUT2D eigenvalue weighted by molar-refractivity contribution is -0.141. The summed E-state index contributed by atoms with van der Waals surface area (Å²) in [4.78, 5) is 6.73. The molecule has 0 aromatic carbocycles. The smallest absolute Gasteiger partial charge is 0.257 e. The lowest BCUT2D eigenvalue weighted by Crippen LogP contribution is -2.08. The van der Waals surface area contributed by atoms with Crippen molar-refractivity contribution in [3.8, 4) is 0 Å². The molecule has 0 saturated heterocycles. The van der Waals surface area contributed by atoms with Crippen LogP contribution >= 0.6 is 0 Å². The molecule has 0 aliphatic heterocycles. The molecule has 5 heteroatoms. The van der Waals surface area contributed by atoms with Gasteiger partial charge in [0.05, 0.1) is 11.9 Å². The van der Waals surface area contributed by atoms with Crippen molar-refractivity contribution in [3.63, 3.8) is 0 Å². The van der Waals surface area contributed by atoms with Gasteiger partial charge in [0.1, 0.15) is 0 Å². The van der Waals surface area contributed by atoms with Crippen LogP contribution in [0.4, 0.5) is 13.2 Å². The molecule has 0 spiro atoms. The van der Waals surface area contributed by atoms with Gasteiger partial charge in [0.2, 0.25) is 0 Å². The Labute approximate surface area is 67.5 Å². The van der Waals surface area contributed by atoms with Crippen molar-refractivity contribution in [2.24, 2.45) is 0 Å². The number of nitrogens with zero attached hydrogens (tertiary/aromatic N) is 2. The van der Waals surface area contributed by atoms with Crippen LogP contribution in [0.2, 0.25) is 0 Å². The van der Waals surface area contributed by atoms with E-state index in [-0.39, 0.29) is 0 Å². The molecule has 1 aromatic heterocycles. The van der Waals surface area contributed by atoms with Crippen LogP contribution in [-0.2, 0) is 6.18 Å². The van der Waals surface area contributed by atoms with Crippen molar-refractivity contribution >= 4 is 0 Å². The first-order valence-electron chi connectivity index (χ1n) is 3.22. The van der Waals surface area contributed by atoms with Gasteiger partial charge in [0.15, 0.2) is 5.69 Å². The van der Waals surface area contributed by atoms with Crippen LogP contribution in [0, 0.1) is 6.42 Å². The summed E-state index contributed by atoms with van der Waals surface area (Å²) in [5.74, 6) is 0. The monoisotopic (exact) mass is 175 g/mol. The molecule has 0 atom stereocenters. The van der Waals surface area contributed by atoms with Crippen molar-refractivity contribution < 1.29 is 13.2 Å². The number of hydrogen-bond donors (Lipinski definition) is 0. The highest BCUT2D eigenvalue weighted by Crippen LogP contribution is 2.26. The number of hydrogen-bond acceptors (Lipinski definition) is 2. The molecule has 1 heterocycles. The Kier molecular flexibility index (Phi) is 2.30. The lowest BCUT2D eigenvalue weighted by Gasteiger charge is -2.04. The van der Waals surface area contributed by atoms with E-state index in [1.807, 2.05) is 0 Å². The van der Waals surface area contributed by atoms with Crippen LogP contribution in [-0.4, -0.2) is 9.97 Å². The summed E-state index contributed by atoms with van der Waals surface area (Å²) in [6, 6.07) is 0. The predicted octanol–water partition coefficient (Wildman–Crippen LogP) is 2.07. The van der Waals surface area contributed by atoms with Crippen LogP contribution in [0.5, 0.6) is 0 Å². The number of rotatable bonds is 1. The average molecular weight is 175 g/mol. The van der Waals surface area contributed by atoms with Crippen LogP contribution in [0.1, 0.15) is 18.3 Å². The maximum atomic E-state index is 11.9. The molecule has 2 nitrogen and oxygen atoms in total. The molecule has 0 saturated carbocycles. The van der Waals surface area contributed by atoms with E-state index in [1.165, 1.54) is 0 Å². The molecule has 0 unspecified atom stereocenters. The highest BCUT2D eigenvalue weighted by atomic mass is 19.4. The highest BCUT2D eigenvalue weighted by molar-refractivity contribution is 5.10. The van der Waals surface area contributed by atoms with Gasteiger partial charge >= 0.3 is 6.18 Å². The molecule has 0 fully saturated rings. The van der Waals surface area contributed by atoms with Crippen molar-refractivity contribution in [1.82, 2.24) is 9.97 Å². The zero-order chi connectivity index (χ0) is 9.19. The Bertz CT molecular complexity index is 252. The summed E-state index contributed by atoms with van der Waals surface area (Å²) in [6.45, 7) is 1.68.